The van der Waals surface area contributed by atoms with Crippen molar-refractivity contribution in [3.63, 3.8) is 0 Å². The van der Waals surface area contributed by atoms with Crippen LogP contribution in [0, 0.1) is 6.92 Å². The molecule has 1 heterocycles. The Hall–Kier alpha value is -2.10. The van der Waals surface area contributed by atoms with Gasteiger partial charge in [0.05, 0.1) is 19.0 Å². The highest BCUT2D eigenvalue weighted by atomic mass is 16.5. The summed E-state index contributed by atoms with van der Waals surface area (Å²) in [7, 11) is 1.68. The molecule has 1 atom stereocenters. The van der Waals surface area contributed by atoms with Crippen molar-refractivity contribution in [2.45, 2.75) is 32.7 Å². The molecule has 0 spiro atoms. The van der Waals surface area contributed by atoms with E-state index in [1.165, 1.54) is 5.56 Å². The van der Waals surface area contributed by atoms with Gasteiger partial charge >= 0.3 is 0 Å². The van der Waals surface area contributed by atoms with Crippen LogP contribution in [0.5, 0.6) is 5.75 Å². The first kappa shape index (κ1) is 14.3. The van der Waals surface area contributed by atoms with Crippen molar-refractivity contribution in [1.82, 2.24) is 9.97 Å². The predicted octanol–water partition coefficient (Wildman–Crippen LogP) is 3.23. The molecule has 1 N–H and O–H groups in total. The Bertz CT molecular complexity index is 540. The molecule has 106 valence electrons. The first-order valence-corrected chi connectivity index (χ1v) is 6.85. The third-order valence-electron chi connectivity index (χ3n) is 3.17. The van der Waals surface area contributed by atoms with E-state index in [0.717, 1.165) is 30.1 Å². The number of hydrogen-bond donors (Lipinski definition) is 1. The second kappa shape index (κ2) is 6.89. The van der Waals surface area contributed by atoms with Crippen LogP contribution in [0.3, 0.4) is 0 Å². The first-order chi connectivity index (χ1) is 9.67. The maximum atomic E-state index is 5.16. The Morgan fingerprint density at radius 2 is 1.95 bits per heavy atom. The molecule has 4 heteroatoms. The Balaban J connectivity index is 1.83. The monoisotopic (exact) mass is 271 g/mol. The molecular formula is C16H21N3O. The highest BCUT2D eigenvalue weighted by Crippen LogP contribution is 2.14. The SMILES string of the molecule is COc1ccc(CCC(C)Nc2cncc(C)n2)cc1. The van der Waals surface area contributed by atoms with Crippen molar-refractivity contribution in [2.24, 2.45) is 0 Å². The molecule has 0 saturated heterocycles. The molecule has 0 aliphatic rings. The van der Waals surface area contributed by atoms with Gasteiger partial charge in [0.25, 0.3) is 0 Å². The van der Waals surface area contributed by atoms with E-state index in [1.807, 2.05) is 19.1 Å². The number of methoxy groups -OCH3 is 1. The van der Waals surface area contributed by atoms with Crippen molar-refractivity contribution in [2.75, 3.05) is 12.4 Å². The van der Waals surface area contributed by atoms with Gasteiger partial charge in [-0.1, -0.05) is 12.1 Å². The minimum Gasteiger partial charge on any atom is -0.497 e. The van der Waals surface area contributed by atoms with Crippen molar-refractivity contribution in [3.05, 3.63) is 47.9 Å². The zero-order valence-electron chi connectivity index (χ0n) is 12.3. The van der Waals surface area contributed by atoms with Crippen LogP contribution in [0.15, 0.2) is 36.7 Å². The Morgan fingerprint density at radius 3 is 2.60 bits per heavy atom. The minimum absolute atomic E-state index is 0.355. The van der Waals surface area contributed by atoms with Crippen LogP contribution in [0.1, 0.15) is 24.6 Å². The lowest BCUT2D eigenvalue weighted by molar-refractivity contribution is 0.414. The minimum atomic E-state index is 0.355. The van der Waals surface area contributed by atoms with E-state index in [0.29, 0.717) is 6.04 Å². The van der Waals surface area contributed by atoms with E-state index < -0.39 is 0 Å². The molecule has 0 radical (unpaired) electrons. The van der Waals surface area contributed by atoms with E-state index in [9.17, 15) is 0 Å². The number of aromatic nitrogens is 2. The maximum absolute atomic E-state index is 5.16. The van der Waals surface area contributed by atoms with Gasteiger partial charge < -0.3 is 10.1 Å². The summed E-state index contributed by atoms with van der Waals surface area (Å²) in [5.74, 6) is 1.74. The topological polar surface area (TPSA) is 47.0 Å². The molecule has 4 nitrogen and oxygen atoms in total. The standard InChI is InChI=1S/C16H21N3O/c1-12(18-16-11-17-10-13(2)19-16)4-5-14-6-8-15(20-3)9-7-14/h6-12H,4-5H2,1-3H3,(H,18,19). The number of benzene rings is 1. The molecule has 0 aliphatic carbocycles. The molecule has 2 aromatic rings. The lowest BCUT2D eigenvalue weighted by Gasteiger charge is -2.14. The summed E-state index contributed by atoms with van der Waals surface area (Å²) in [4.78, 5) is 8.54. The second-order valence-corrected chi connectivity index (χ2v) is 4.98. The van der Waals surface area contributed by atoms with Gasteiger partial charge in [-0.25, -0.2) is 4.98 Å². The third-order valence-corrected chi connectivity index (χ3v) is 3.17. The molecule has 20 heavy (non-hydrogen) atoms. The van der Waals surface area contributed by atoms with E-state index in [1.54, 1.807) is 19.5 Å². The Kier molecular flexibility index (Phi) is 4.93. The van der Waals surface area contributed by atoms with Gasteiger partial charge in [-0.2, -0.15) is 0 Å². The molecule has 0 fully saturated rings. The van der Waals surface area contributed by atoms with Crippen molar-refractivity contribution >= 4 is 5.82 Å². The van der Waals surface area contributed by atoms with Gasteiger partial charge in [-0.05, 0) is 44.4 Å². The summed E-state index contributed by atoms with van der Waals surface area (Å²) in [6.07, 6.45) is 5.59. The average Bonchev–Trinajstić information content (AvgIpc) is 2.46. The average molecular weight is 271 g/mol. The van der Waals surface area contributed by atoms with E-state index in [2.05, 4.69) is 34.3 Å². The molecule has 0 bridgehead atoms. The summed E-state index contributed by atoms with van der Waals surface area (Å²) < 4.78 is 5.16. The number of nitrogens with zero attached hydrogens (tertiary/aromatic N) is 2. The number of rotatable bonds is 6. The Labute approximate surface area is 120 Å². The highest BCUT2D eigenvalue weighted by molar-refractivity contribution is 5.33. The quantitative estimate of drug-likeness (QED) is 0.876. The zero-order chi connectivity index (χ0) is 14.4. The van der Waals surface area contributed by atoms with Gasteiger partial charge in [0.1, 0.15) is 11.6 Å². The van der Waals surface area contributed by atoms with E-state index in [4.69, 9.17) is 4.74 Å². The maximum Gasteiger partial charge on any atom is 0.144 e. The van der Waals surface area contributed by atoms with Gasteiger partial charge in [-0.3, -0.25) is 4.98 Å². The predicted molar refractivity (Wildman–Crippen MR) is 81.2 cm³/mol. The van der Waals surface area contributed by atoms with Crippen LogP contribution in [-0.2, 0) is 6.42 Å². The molecular weight excluding hydrogens is 250 g/mol. The summed E-state index contributed by atoms with van der Waals surface area (Å²) >= 11 is 0. The van der Waals surface area contributed by atoms with E-state index in [-0.39, 0.29) is 0 Å². The number of ether oxygens (including phenoxy) is 1. The highest BCUT2D eigenvalue weighted by Gasteiger charge is 2.04. The number of aryl methyl sites for hydroxylation is 2. The lowest BCUT2D eigenvalue weighted by Crippen LogP contribution is -2.17. The Morgan fingerprint density at radius 1 is 1.20 bits per heavy atom. The normalized spacial score (nSPS) is 11.9. The van der Waals surface area contributed by atoms with Gasteiger partial charge in [0.2, 0.25) is 0 Å². The molecule has 1 aromatic heterocycles. The van der Waals surface area contributed by atoms with Crippen molar-refractivity contribution in [3.8, 4) is 5.75 Å². The smallest absolute Gasteiger partial charge is 0.144 e. The number of nitrogens with one attached hydrogen (secondary N) is 1. The van der Waals surface area contributed by atoms with Crippen LogP contribution in [-0.4, -0.2) is 23.1 Å². The van der Waals surface area contributed by atoms with Gasteiger partial charge in [0.15, 0.2) is 0 Å². The van der Waals surface area contributed by atoms with Crippen LogP contribution in [0.25, 0.3) is 0 Å². The summed E-state index contributed by atoms with van der Waals surface area (Å²) in [6, 6.07) is 8.57. The van der Waals surface area contributed by atoms with Crippen LogP contribution in [0.4, 0.5) is 5.82 Å². The van der Waals surface area contributed by atoms with Crippen molar-refractivity contribution in [1.29, 1.82) is 0 Å². The van der Waals surface area contributed by atoms with Gasteiger partial charge in [-0.15, -0.1) is 0 Å². The molecule has 1 unspecified atom stereocenters. The molecule has 0 saturated carbocycles. The molecule has 0 aliphatic heterocycles. The molecule has 0 amide bonds. The van der Waals surface area contributed by atoms with Crippen molar-refractivity contribution < 1.29 is 4.74 Å². The van der Waals surface area contributed by atoms with Crippen LogP contribution >= 0.6 is 0 Å². The number of anilines is 1. The first-order valence-electron chi connectivity index (χ1n) is 6.85. The fourth-order valence-corrected chi connectivity index (χ4v) is 2.03. The van der Waals surface area contributed by atoms with Crippen LogP contribution in [0.2, 0.25) is 0 Å². The van der Waals surface area contributed by atoms with Crippen LogP contribution < -0.4 is 10.1 Å². The fourth-order valence-electron chi connectivity index (χ4n) is 2.03. The summed E-state index contributed by atoms with van der Waals surface area (Å²) in [6.45, 7) is 4.10. The zero-order valence-corrected chi connectivity index (χ0v) is 12.3. The summed E-state index contributed by atoms with van der Waals surface area (Å²) in [5.41, 5.74) is 2.24. The largest absolute Gasteiger partial charge is 0.497 e. The van der Waals surface area contributed by atoms with Gasteiger partial charge in [0, 0.05) is 12.2 Å². The second-order valence-electron chi connectivity index (χ2n) is 4.98. The third kappa shape index (κ3) is 4.23. The summed E-state index contributed by atoms with van der Waals surface area (Å²) in [5, 5.41) is 3.38. The lowest BCUT2D eigenvalue weighted by atomic mass is 10.1. The molecule has 1 aromatic carbocycles. The fraction of sp³-hybridized carbons (Fsp3) is 0.375. The van der Waals surface area contributed by atoms with E-state index >= 15 is 0 Å². The number of hydrogen-bond acceptors (Lipinski definition) is 4. The molecule has 2 rings (SSSR count).